The fourth-order valence-electron chi connectivity index (χ4n) is 1.77. The van der Waals surface area contributed by atoms with Crippen molar-refractivity contribution in [2.75, 3.05) is 0 Å². The predicted octanol–water partition coefficient (Wildman–Crippen LogP) is 2.38. The monoisotopic (exact) mass is 168 g/mol. The molecule has 0 saturated heterocycles. The number of aliphatic hydroxyl groups is 1. The SMILES string of the molecule is O[C@H]1CCC[C@@H]1c1cccs1. The van der Waals surface area contributed by atoms with Crippen LogP contribution in [0.4, 0.5) is 0 Å². The third kappa shape index (κ3) is 1.33. The number of hydrogen-bond acceptors (Lipinski definition) is 2. The van der Waals surface area contributed by atoms with E-state index in [1.807, 2.05) is 0 Å². The van der Waals surface area contributed by atoms with E-state index in [-0.39, 0.29) is 6.10 Å². The summed E-state index contributed by atoms with van der Waals surface area (Å²) < 4.78 is 0. The highest BCUT2D eigenvalue weighted by molar-refractivity contribution is 7.10. The van der Waals surface area contributed by atoms with E-state index < -0.39 is 0 Å². The molecule has 1 fully saturated rings. The van der Waals surface area contributed by atoms with Crippen LogP contribution in [0.1, 0.15) is 30.1 Å². The maximum atomic E-state index is 9.57. The van der Waals surface area contributed by atoms with Crippen LogP contribution >= 0.6 is 11.3 Å². The average molecular weight is 168 g/mol. The highest BCUT2D eigenvalue weighted by Gasteiger charge is 2.26. The molecule has 2 rings (SSSR count). The van der Waals surface area contributed by atoms with E-state index in [4.69, 9.17) is 0 Å². The predicted molar refractivity (Wildman–Crippen MR) is 46.9 cm³/mol. The number of hydrogen-bond donors (Lipinski definition) is 1. The van der Waals surface area contributed by atoms with Crippen LogP contribution in [-0.2, 0) is 0 Å². The van der Waals surface area contributed by atoms with Gasteiger partial charge in [-0.2, -0.15) is 0 Å². The van der Waals surface area contributed by atoms with Crippen molar-refractivity contribution in [3.63, 3.8) is 0 Å². The van der Waals surface area contributed by atoms with E-state index in [1.165, 1.54) is 17.7 Å². The zero-order valence-electron chi connectivity index (χ0n) is 6.36. The molecule has 0 bridgehead atoms. The maximum Gasteiger partial charge on any atom is 0.0616 e. The lowest BCUT2D eigenvalue weighted by molar-refractivity contribution is 0.165. The quantitative estimate of drug-likeness (QED) is 0.682. The van der Waals surface area contributed by atoms with E-state index in [9.17, 15) is 5.11 Å². The van der Waals surface area contributed by atoms with Gasteiger partial charge in [0.2, 0.25) is 0 Å². The first-order valence-corrected chi connectivity index (χ1v) is 4.97. The lowest BCUT2D eigenvalue weighted by Crippen LogP contribution is -2.09. The molecule has 1 aliphatic rings. The Morgan fingerprint density at radius 2 is 2.36 bits per heavy atom. The lowest BCUT2D eigenvalue weighted by atomic mass is 10.0. The van der Waals surface area contributed by atoms with Crippen molar-refractivity contribution in [3.8, 4) is 0 Å². The zero-order chi connectivity index (χ0) is 7.68. The van der Waals surface area contributed by atoms with E-state index in [0.717, 1.165) is 6.42 Å². The Balaban J connectivity index is 2.16. The molecule has 0 aromatic carbocycles. The Bertz CT molecular complexity index is 217. The first kappa shape index (κ1) is 7.32. The van der Waals surface area contributed by atoms with Gasteiger partial charge in [-0.15, -0.1) is 11.3 Å². The third-order valence-corrected chi connectivity index (χ3v) is 3.39. The number of rotatable bonds is 1. The fraction of sp³-hybridized carbons (Fsp3) is 0.556. The Hall–Kier alpha value is -0.340. The van der Waals surface area contributed by atoms with Crippen molar-refractivity contribution in [2.45, 2.75) is 31.3 Å². The summed E-state index contributed by atoms with van der Waals surface area (Å²) in [5, 5.41) is 11.7. The van der Waals surface area contributed by atoms with Gasteiger partial charge in [-0.3, -0.25) is 0 Å². The molecule has 1 aromatic rings. The Morgan fingerprint density at radius 1 is 1.45 bits per heavy atom. The van der Waals surface area contributed by atoms with Crippen molar-refractivity contribution < 1.29 is 5.11 Å². The second-order valence-electron chi connectivity index (χ2n) is 3.12. The normalized spacial score (nSPS) is 31.0. The zero-order valence-corrected chi connectivity index (χ0v) is 7.18. The second-order valence-corrected chi connectivity index (χ2v) is 4.10. The number of thiophene rings is 1. The Labute approximate surface area is 70.7 Å². The van der Waals surface area contributed by atoms with Crippen molar-refractivity contribution in [1.82, 2.24) is 0 Å². The molecule has 2 atom stereocenters. The smallest absolute Gasteiger partial charge is 0.0616 e. The summed E-state index contributed by atoms with van der Waals surface area (Å²) in [6.45, 7) is 0. The molecule has 2 heteroatoms. The van der Waals surface area contributed by atoms with Gasteiger partial charge < -0.3 is 5.11 Å². The molecule has 1 heterocycles. The number of aliphatic hydroxyl groups excluding tert-OH is 1. The van der Waals surface area contributed by atoms with Crippen molar-refractivity contribution in [2.24, 2.45) is 0 Å². The van der Waals surface area contributed by atoms with Crippen LogP contribution in [0.15, 0.2) is 17.5 Å². The van der Waals surface area contributed by atoms with Gasteiger partial charge in [-0.25, -0.2) is 0 Å². The van der Waals surface area contributed by atoms with Crippen LogP contribution in [0.25, 0.3) is 0 Å². The van der Waals surface area contributed by atoms with Gasteiger partial charge in [0.15, 0.2) is 0 Å². The third-order valence-electron chi connectivity index (χ3n) is 2.39. The van der Waals surface area contributed by atoms with Gasteiger partial charge in [0.05, 0.1) is 6.10 Å². The Kier molecular flexibility index (Phi) is 1.96. The second kappa shape index (κ2) is 2.95. The largest absolute Gasteiger partial charge is 0.392 e. The van der Waals surface area contributed by atoms with Gasteiger partial charge in [-0.05, 0) is 24.3 Å². The Morgan fingerprint density at radius 3 is 2.91 bits per heavy atom. The molecule has 0 radical (unpaired) electrons. The summed E-state index contributed by atoms with van der Waals surface area (Å²) in [4.78, 5) is 1.36. The summed E-state index contributed by atoms with van der Waals surface area (Å²) in [5.74, 6) is 0.440. The molecular weight excluding hydrogens is 156 g/mol. The van der Waals surface area contributed by atoms with Gasteiger partial charge >= 0.3 is 0 Å². The molecule has 0 aliphatic heterocycles. The molecule has 1 saturated carbocycles. The van der Waals surface area contributed by atoms with Crippen molar-refractivity contribution in [1.29, 1.82) is 0 Å². The summed E-state index contributed by atoms with van der Waals surface area (Å²) in [7, 11) is 0. The van der Waals surface area contributed by atoms with E-state index >= 15 is 0 Å². The molecule has 1 nitrogen and oxygen atoms in total. The topological polar surface area (TPSA) is 20.2 Å². The average Bonchev–Trinajstić information content (AvgIpc) is 2.55. The summed E-state index contributed by atoms with van der Waals surface area (Å²) >= 11 is 1.76. The van der Waals surface area contributed by atoms with Gasteiger partial charge in [0.25, 0.3) is 0 Å². The maximum absolute atomic E-state index is 9.57. The molecule has 0 unspecified atom stereocenters. The van der Waals surface area contributed by atoms with Crippen LogP contribution in [0.2, 0.25) is 0 Å². The summed E-state index contributed by atoms with van der Waals surface area (Å²) in [5.41, 5.74) is 0. The first-order chi connectivity index (χ1) is 5.38. The van der Waals surface area contributed by atoms with E-state index in [2.05, 4.69) is 17.5 Å². The van der Waals surface area contributed by atoms with Crippen LogP contribution in [0.5, 0.6) is 0 Å². The van der Waals surface area contributed by atoms with Gasteiger partial charge in [-0.1, -0.05) is 12.5 Å². The van der Waals surface area contributed by atoms with Crippen LogP contribution in [0, 0.1) is 0 Å². The minimum absolute atomic E-state index is 0.0753. The summed E-state index contributed by atoms with van der Waals surface area (Å²) in [6.07, 6.45) is 3.27. The van der Waals surface area contributed by atoms with E-state index in [1.54, 1.807) is 11.3 Å². The van der Waals surface area contributed by atoms with Crippen LogP contribution in [-0.4, -0.2) is 11.2 Å². The minimum atomic E-state index is -0.0753. The van der Waals surface area contributed by atoms with Crippen molar-refractivity contribution >= 4 is 11.3 Å². The molecule has 1 aromatic heterocycles. The molecule has 11 heavy (non-hydrogen) atoms. The molecule has 60 valence electrons. The lowest BCUT2D eigenvalue weighted by Gasteiger charge is -2.11. The molecule has 0 spiro atoms. The van der Waals surface area contributed by atoms with Gasteiger partial charge in [0.1, 0.15) is 0 Å². The summed E-state index contributed by atoms with van der Waals surface area (Å²) in [6, 6.07) is 4.19. The van der Waals surface area contributed by atoms with Gasteiger partial charge in [0, 0.05) is 10.8 Å². The van der Waals surface area contributed by atoms with Crippen LogP contribution in [0.3, 0.4) is 0 Å². The molecule has 1 N–H and O–H groups in total. The highest BCUT2D eigenvalue weighted by Crippen LogP contribution is 2.36. The highest BCUT2D eigenvalue weighted by atomic mass is 32.1. The first-order valence-electron chi connectivity index (χ1n) is 4.09. The standard InChI is InChI=1S/C9H12OS/c10-8-4-1-3-7(8)9-5-2-6-11-9/h2,5-8,10H,1,3-4H2/t7-,8-/m0/s1. The van der Waals surface area contributed by atoms with Crippen LogP contribution < -0.4 is 0 Å². The molecular formula is C9H12OS. The van der Waals surface area contributed by atoms with Crippen molar-refractivity contribution in [3.05, 3.63) is 22.4 Å². The molecule has 0 amide bonds. The van der Waals surface area contributed by atoms with E-state index in [0.29, 0.717) is 5.92 Å². The minimum Gasteiger partial charge on any atom is -0.392 e. The fourth-order valence-corrected chi connectivity index (χ4v) is 2.70. The molecule has 1 aliphatic carbocycles.